The third kappa shape index (κ3) is 6.71. The Morgan fingerprint density at radius 1 is 1.24 bits per heavy atom. The van der Waals surface area contributed by atoms with Crippen molar-refractivity contribution in [2.45, 2.75) is 83.5 Å². The molecule has 2 fully saturated rings. The third-order valence-electron chi connectivity index (χ3n) is 6.59. The van der Waals surface area contributed by atoms with Crippen LogP contribution in [0.15, 0.2) is 15.5 Å². The summed E-state index contributed by atoms with van der Waals surface area (Å²) in [6.45, 7) is 2.64. The number of nitrogens with zero attached hydrogens (tertiary/aromatic N) is 3. The van der Waals surface area contributed by atoms with Crippen molar-refractivity contribution in [3.05, 3.63) is 23.2 Å². The molecule has 3 rings (SSSR count). The number of carboxylic acid groups (broad SMARTS) is 1. The predicted molar refractivity (Wildman–Crippen MR) is 134 cm³/mol. The fourth-order valence-corrected chi connectivity index (χ4v) is 4.81. The van der Waals surface area contributed by atoms with E-state index in [9.17, 15) is 24.0 Å². The second kappa shape index (κ2) is 12.6. The van der Waals surface area contributed by atoms with E-state index < -0.39 is 54.3 Å². The highest BCUT2D eigenvalue weighted by Crippen LogP contribution is 2.29. The van der Waals surface area contributed by atoms with Crippen molar-refractivity contribution in [3.63, 3.8) is 0 Å². The minimum Gasteiger partial charge on any atom is -0.477 e. The van der Waals surface area contributed by atoms with Crippen LogP contribution in [0.4, 0.5) is 0 Å². The van der Waals surface area contributed by atoms with Gasteiger partial charge in [-0.15, -0.1) is 0 Å². The van der Waals surface area contributed by atoms with E-state index in [2.05, 4.69) is 4.99 Å². The van der Waals surface area contributed by atoms with Gasteiger partial charge >= 0.3 is 11.9 Å². The van der Waals surface area contributed by atoms with Gasteiger partial charge in [0.05, 0.1) is 11.6 Å². The molecular weight excluding hydrogens is 498 g/mol. The molecule has 13 heteroatoms. The van der Waals surface area contributed by atoms with E-state index in [1.807, 2.05) is 0 Å². The Kier molecular flexibility index (Phi) is 9.50. The Bertz CT molecular complexity index is 1130. The lowest BCUT2D eigenvalue weighted by atomic mass is 9.93. The van der Waals surface area contributed by atoms with Gasteiger partial charge < -0.3 is 24.9 Å². The van der Waals surface area contributed by atoms with Gasteiger partial charge in [-0.2, -0.15) is 0 Å². The van der Waals surface area contributed by atoms with Crippen LogP contribution in [0.25, 0.3) is 0 Å². The number of ether oxygens (including phenoxy) is 1. The molecule has 1 aliphatic heterocycles. The maximum Gasteiger partial charge on any atom is 0.347 e. The molecule has 2 heterocycles. The monoisotopic (exact) mass is 531 g/mol. The Labute approximate surface area is 219 Å². The maximum atomic E-state index is 13.8. The van der Waals surface area contributed by atoms with Crippen LogP contribution in [0.3, 0.4) is 0 Å². The molecule has 0 aromatic carbocycles. The maximum absolute atomic E-state index is 13.8. The Morgan fingerprint density at radius 3 is 2.53 bits per heavy atom. The van der Waals surface area contributed by atoms with Crippen LogP contribution >= 0.6 is 0 Å². The number of aliphatic imine (C=N–C) groups is 1. The molecule has 0 bridgehead atoms. The van der Waals surface area contributed by atoms with Gasteiger partial charge in [0.15, 0.2) is 17.4 Å². The topological polar surface area (TPSA) is 197 Å². The van der Waals surface area contributed by atoms with Crippen molar-refractivity contribution in [1.82, 2.24) is 9.80 Å². The average Bonchev–Trinajstić information content (AvgIpc) is 3.54. The summed E-state index contributed by atoms with van der Waals surface area (Å²) in [5, 5.41) is 17.0. The van der Waals surface area contributed by atoms with Gasteiger partial charge in [0.2, 0.25) is 5.91 Å². The number of likely N-dealkylation sites (tertiary alicyclic amines) is 1. The zero-order valence-electron chi connectivity index (χ0n) is 21.5. The molecule has 1 saturated carbocycles. The van der Waals surface area contributed by atoms with Crippen molar-refractivity contribution in [2.75, 3.05) is 6.54 Å². The number of carbonyl (C=O) groups is 5. The molecule has 1 aromatic heterocycles. The van der Waals surface area contributed by atoms with Crippen molar-refractivity contribution in [3.8, 4) is 0 Å². The number of rotatable bonds is 8. The number of hydrogen-bond donors (Lipinski definition) is 3. The number of imide groups is 1. The van der Waals surface area contributed by atoms with Crippen molar-refractivity contribution in [1.29, 1.82) is 5.41 Å². The van der Waals surface area contributed by atoms with Crippen LogP contribution in [-0.2, 0) is 30.5 Å². The lowest BCUT2D eigenvalue weighted by Gasteiger charge is -2.36. The molecule has 206 valence electrons. The molecule has 1 aromatic rings. The summed E-state index contributed by atoms with van der Waals surface area (Å²) in [4.78, 5) is 68.7. The Hall–Kier alpha value is -3.87. The second-order valence-corrected chi connectivity index (χ2v) is 9.46. The zero-order valence-corrected chi connectivity index (χ0v) is 21.5. The molecule has 0 spiro atoms. The number of carboxylic acids is 1. The van der Waals surface area contributed by atoms with Gasteiger partial charge in [-0.1, -0.05) is 19.3 Å². The highest BCUT2D eigenvalue weighted by Gasteiger charge is 2.43. The number of aliphatic carboxylic acids is 1. The Balaban J connectivity index is 1.99. The number of amidine groups is 1. The molecule has 2 atom stereocenters. The van der Waals surface area contributed by atoms with Gasteiger partial charge in [0.1, 0.15) is 18.9 Å². The fourth-order valence-electron chi connectivity index (χ4n) is 4.81. The average molecular weight is 532 g/mol. The van der Waals surface area contributed by atoms with E-state index >= 15 is 0 Å². The molecule has 2 aliphatic rings. The number of nitrogens with one attached hydrogen (secondary N) is 1. The standard InChI is InChI=1S/C25H33N5O8/c1-14(26)23(34)29-10-6-9-18(29)24(35)30(16-7-4-3-5-8-16)25(36)19-11-17(22(27)28-12-21(32)33)20(38-19)13-37-15(2)31/h11-12,14,16,18,27H,3-10,13,26H2,1-2H3,(H,32,33)/t14-,18-/m0/s1. The molecule has 0 unspecified atom stereocenters. The van der Waals surface area contributed by atoms with E-state index in [1.165, 1.54) is 17.9 Å². The summed E-state index contributed by atoms with van der Waals surface area (Å²) in [6, 6.07) is -0.860. The molecule has 0 radical (unpaired) electrons. The summed E-state index contributed by atoms with van der Waals surface area (Å²) < 4.78 is 10.6. The van der Waals surface area contributed by atoms with Gasteiger partial charge in [-0.25, -0.2) is 9.79 Å². The smallest absolute Gasteiger partial charge is 0.347 e. The lowest BCUT2D eigenvalue weighted by Crippen LogP contribution is -2.55. The highest BCUT2D eigenvalue weighted by atomic mass is 16.5. The van der Waals surface area contributed by atoms with E-state index in [0.717, 1.165) is 24.2 Å². The predicted octanol–water partition coefficient (Wildman–Crippen LogP) is 1.46. The largest absolute Gasteiger partial charge is 0.477 e. The molecule has 1 saturated heterocycles. The minimum atomic E-state index is -1.38. The zero-order chi connectivity index (χ0) is 28.0. The Morgan fingerprint density at radius 2 is 1.92 bits per heavy atom. The van der Waals surface area contributed by atoms with Crippen LogP contribution in [0.1, 0.15) is 80.7 Å². The number of nitrogens with two attached hydrogens (primary N) is 1. The summed E-state index contributed by atoms with van der Waals surface area (Å²) in [6.07, 6.45) is 5.31. The summed E-state index contributed by atoms with van der Waals surface area (Å²) in [7, 11) is 0. The SMILES string of the molecule is CC(=O)OCc1oc(C(=O)N(C(=O)[C@@H]2CCCN2C(=O)[C@H](C)N)C2CCCCC2)cc1C(=N)N=CC(=O)O. The van der Waals surface area contributed by atoms with Crippen LogP contribution < -0.4 is 5.73 Å². The first-order valence-corrected chi connectivity index (χ1v) is 12.6. The molecule has 3 amide bonds. The quantitative estimate of drug-likeness (QED) is 0.192. The first kappa shape index (κ1) is 28.7. The van der Waals surface area contributed by atoms with Gasteiger partial charge in [0.25, 0.3) is 11.8 Å². The fraction of sp³-hybridized carbons (Fsp3) is 0.560. The van der Waals surface area contributed by atoms with Crippen LogP contribution in [0.2, 0.25) is 0 Å². The van der Waals surface area contributed by atoms with E-state index in [0.29, 0.717) is 38.4 Å². The molecular formula is C25H33N5O8. The number of carbonyl (C=O) groups excluding carboxylic acids is 4. The molecule has 1 aliphatic carbocycles. The van der Waals surface area contributed by atoms with Crippen LogP contribution in [-0.4, -0.2) is 81.3 Å². The normalized spacial score (nSPS) is 18.8. The van der Waals surface area contributed by atoms with Gasteiger partial charge in [-0.05, 0) is 32.6 Å². The van der Waals surface area contributed by atoms with Crippen LogP contribution in [0, 0.1) is 5.41 Å². The number of esters is 1. The van der Waals surface area contributed by atoms with E-state index in [1.54, 1.807) is 6.92 Å². The van der Waals surface area contributed by atoms with E-state index in [4.69, 9.17) is 25.4 Å². The first-order valence-electron chi connectivity index (χ1n) is 12.6. The van der Waals surface area contributed by atoms with Crippen molar-refractivity contribution >= 4 is 41.7 Å². The second-order valence-electron chi connectivity index (χ2n) is 9.46. The number of amides is 3. The molecule has 13 nitrogen and oxygen atoms in total. The van der Waals surface area contributed by atoms with Gasteiger partial charge in [0, 0.05) is 25.6 Å². The summed E-state index contributed by atoms with van der Waals surface area (Å²) in [5.41, 5.74) is 5.73. The molecule has 38 heavy (non-hydrogen) atoms. The van der Waals surface area contributed by atoms with Crippen molar-refractivity contribution < 1.29 is 38.2 Å². The van der Waals surface area contributed by atoms with Gasteiger partial charge in [-0.3, -0.25) is 29.5 Å². The van der Waals surface area contributed by atoms with Crippen molar-refractivity contribution in [2.24, 2.45) is 10.7 Å². The highest BCUT2D eigenvalue weighted by molar-refractivity contribution is 6.25. The first-order chi connectivity index (χ1) is 18.0. The van der Waals surface area contributed by atoms with E-state index in [-0.39, 0.29) is 23.0 Å². The summed E-state index contributed by atoms with van der Waals surface area (Å²) >= 11 is 0. The third-order valence-corrected chi connectivity index (χ3v) is 6.59. The molecule has 4 N–H and O–H groups in total. The number of furan rings is 1. The van der Waals surface area contributed by atoms with Crippen LogP contribution in [0.5, 0.6) is 0 Å². The minimum absolute atomic E-state index is 0.0576. The summed E-state index contributed by atoms with van der Waals surface area (Å²) in [5.74, 6) is -4.59. The lowest BCUT2D eigenvalue weighted by molar-refractivity contribution is -0.144. The number of hydrogen-bond acceptors (Lipinski definition) is 9.